The number of hydrogen-bond acceptors (Lipinski definition) is 12. The predicted octanol–water partition coefficient (Wildman–Crippen LogP) is 5.28. The van der Waals surface area contributed by atoms with Crippen LogP contribution in [0.5, 0.6) is 0 Å². The number of halogens is 2. The monoisotopic (exact) mass is 938 g/mol. The number of ether oxygens (including phenoxy) is 1. The van der Waals surface area contributed by atoms with Crippen LogP contribution in [0.15, 0.2) is 61.2 Å². The number of amides is 5. The average molecular weight is 939 g/mol. The van der Waals surface area contributed by atoms with Crippen LogP contribution in [0.4, 0.5) is 26.0 Å². The molecule has 0 aliphatic carbocycles. The Morgan fingerprint density at radius 3 is 2.52 bits per heavy atom. The lowest BCUT2D eigenvalue weighted by atomic mass is 9.91. The number of carbonyl (C=O) groups is 5. The molecule has 0 saturated carbocycles. The molecule has 1 unspecified atom stereocenters. The van der Waals surface area contributed by atoms with Gasteiger partial charge in [0.25, 0.3) is 18.2 Å². The van der Waals surface area contributed by atoms with Gasteiger partial charge >= 0.3 is 0 Å². The van der Waals surface area contributed by atoms with Crippen LogP contribution in [0.2, 0.25) is 0 Å². The highest BCUT2D eigenvalue weighted by atomic mass is 19.3. The van der Waals surface area contributed by atoms with Crippen molar-refractivity contribution >= 4 is 57.6 Å². The van der Waals surface area contributed by atoms with Crippen LogP contribution < -0.4 is 15.1 Å². The largest absolute Gasteiger partial charge is 0.381 e. The van der Waals surface area contributed by atoms with Gasteiger partial charge in [0, 0.05) is 117 Å². The SMILES string of the molecule is CC(=O)N1CCc2c(c(N3CCCc4cc(-c5cn(Cc6cn(C7CN(c8ccc9c(c8)C(=O)N(C8CCC(=O)NC8=O)C9=O)C7)nn6)c6ccncc56)c(C(F)F)cc43)nn2C2CCOCC2)C1. The number of piperidine rings is 1. The van der Waals surface area contributed by atoms with Crippen molar-refractivity contribution < 1.29 is 37.5 Å². The summed E-state index contributed by atoms with van der Waals surface area (Å²) in [5.74, 6) is -1.46. The van der Waals surface area contributed by atoms with E-state index < -0.39 is 36.1 Å². The van der Waals surface area contributed by atoms with E-state index in [0.29, 0.717) is 87.8 Å². The summed E-state index contributed by atoms with van der Waals surface area (Å²) in [5, 5.41) is 17.2. The summed E-state index contributed by atoms with van der Waals surface area (Å²) < 4.78 is 42.6. The number of fused-ring (bicyclic) bond motifs is 4. The molecule has 20 heteroatoms. The first-order chi connectivity index (χ1) is 33.5. The molecule has 12 rings (SSSR count). The van der Waals surface area contributed by atoms with Gasteiger partial charge in [-0.25, -0.2) is 13.5 Å². The van der Waals surface area contributed by atoms with E-state index in [4.69, 9.17) is 9.84 Å². The standard InChI is InChI=1S/C49H48F2N12O6/c1-27(64)57-14-9-41-39(26-57)46(55-63(41)30-10-15-69-16-11-30)60-13-2-3-28-17-34(35(45(50)51)19-43(28)60)38-25-59(40-8-12-52-20-37(38)40)21-29-22-61(56-54-29)32-23-58(24-32)31-4-5-33-36(18-31)49(68)62(48(33)67)42-6-7-44(65)53-47(42)66/h4-5,8,12,17-20,22,25,30,32,42,45H,2-3,6-7,9-11,13-16,21,23-24,26H2,1H3,(H,53,65,66). The molecule has 18 nitrogen and oxygen atoms in total. The van der Waals surface area contributed by atoms with Crippen LogP contribution >= 0.6 is 0 Å². The number of pyridine rings is 1. The smallest absolute Gasteiger partial charge is 0.264 e. The van der Waals surface area contributed by atoms with Crippen molar-refractivity contribution in [1.29, 1.82) is 0 Å². The summed E-state index contributed by atoms with van der Waals surface area (Å²) in [4.78, 5) is 74.9. The quantitative estimate of drug-likeness (QED) is 0.185. The molecule has 0 bridgehead atoms. The minimum absolute atomic E-state index is 0.00463. The number of aryl methyl sites for hydroxylation is 1. The number of alkyl halides is 2. The van der Waals surface area contributed by atoms with Gasteiger partial charge in [0.15, 0.2) is 5.82 Å². The van der Waals surface area contributed by atoms with Crippen molar-refractivity contribution in [3.8, 4) is 11.1 Å². The lowest BCUT2D eigenvalue weighted by Crippen LogP contribution is -2.54. The van der Waals surface area contributed by atoms with Crippen LogP contribution in [0, 0.1) is 0 Å². The van der Waals surface area contributed by atoms with Gasteiger partial charge in [0.2, 0.25) is 17.7 Å². The highest BCUT2D eigenvalue weighted by molar-refractivity contribution is 6.23. The molecular formula is C49H48F2N12O6. The minimum atomic E-state index is -2.78. The summed E-state index contributed by atoms with van der Waals surface area (Å²) in [6, 6.07) is 9.59. The zero-order valence-corrected chi connectivity index (χ0v) is 37.8. The third-order valence-corrected chi connectivity index (χ3v) is 14.8. The molecule has 3 fully saturated rings. The Labute approximate surface area is 393 Å². The zero-order chi connectivity index (χ0) is 47.2. The highest BCUT2D eigenvalue weighted by Crippen LogP contribution is 2.45. The number of aromatic nitrogens is 7. The lowest BCUT2D eigenvalue weighted by molar-refractivity contribution is -0.136. The van der Waals surface area contributed by atoms with Crippen molar-refractivity contribution in [2.24, 2.45) is 0 Å². The first-order valence-corrected chi connectivity index (χ1v) is 23.6. The van der Waals surface area contributed by atoms with Gasteiger partial charge in [-0.05, 0) is 79.6 Å². The van der Waals surface area contributed by atoms with Crippen LogP contribution in [0.25, 0.3) is 22.0 Å². The lowest BCUT2D eigenvalue weighted by Gasteiger charge is -2.40. The summed E-state index contributed by atoms with van der Waals surface area (Å²) in [6.07, 6.45) is 8.39. The molecule has 6 aliphatic heterocycles. The third kappa shape index (κ3) is 7.25. The second kappa shape index (κ2) is 16.7. The Morgan fingerprint density at radius 2 is 1.72 bits per heavy atom. The highest BCUT2D eigenvalue weighted by Gasteiger charge is 2.45. The Balaban J connectivity index is 0.793. The van der Waals surface area contributed by atoms with E-state index in [1.165, 1.54) is 0 Å². The van der Waals surface area contributed by atoms with E-state index in [2.05, 4.69) is 35.1 Å². The number of anilines is 3. The molecule has 5 amide bonds. The van der Waals surface area contributed by atoms with E-state index in [1.807, 2.05) is 34.0 Å². The number of rotatable bonds is 9. The fourth-order valence-corrected chi connectivity index (χ4v) is 11.1. The van der Waals surface area contributed by atoms with Gasteiger partial charge in [0.1, 0.15) is 11.7 Å². The Kier molecular flexibility index (Phi) is 10.4. The van der Waals surface area contributed by atoms with Crippen LogP contribution in [0.3, 0.4) is 0 Å². The topological polar surface area (TPSA) is 186 Å². The molecule has 10 heterocycles. The van der Waals surface area contributed by atoms with Gasteiger partial charge in [-0.1, -0.05) is 5.21 Å². The molecule has 6 aliphatic rings. The predicted molar refractivity (Wildman–Crippen MR) is 245 cm³/mol. The van der Waals surface area contributed by atoms with Crippen molar-refractivity contribution in [3.05, 3.63) is 100 Å². The number of nitrogens with one attached hydrogen (secondary N) is 1. The summed E-state index contributed by atoms with van der Waals surface area (Å²) in [7, 11) is 0. The van der Waals surface area contributed by atoms with Crippen LogP contribution in [-0.2, 0) is 45.1 Å². The van der Waals surface area contributed by atoms with Gasteiger partial charge in [-0.2, -0.15) is 5.10 Å². The van der Waals surface area contributed by atoms with Crippen LogP contribution in [-0.4, -0.2) is 119 Å². The van der Waals surface area contributed by atoms with Crippen molar-refractivity contribution in [3.63, 3.8) is 0 Å². The Bertz CT molecular complexity index is 3130. The van der Waals surface area contributed by atoms with E-state index in [9.17, 15) is 24.0 Å². The van der Waals surface area contributed by atoms with Gasteiger partial charge in [-0.15, -0.1) is 5.10 Å². The first-order valence-electron chi connectivity index (χ1n) is 23.6. The fourth-order valence-electron chi connectivity index (χ4n) is 11.1. The van der Waals surface area contributed by atoms with Gasteiger partial charge in [-0.3, -0.25) is 43.9 Å². The number of imide groups is 2. The number of benzene rings is 2. The van der Waals surface area contributed by atoms with E-state index >= 15 is 8.78 Å². The Morgan fingerprint density at radius 1 is 0.899 bits per heavy atom. The molecule has 354 valence electrons. The number of carbonyl (C=O) groups excluding carboxylic acids is 5. The molecule has 69 heavy (non-hydrogen) atoms. The second-order valence-electron chi connectivity index (χ2n) is 18.8. The summed E-state index contributed by atoms with van der Waals surface area (Å²) in [5.41, 5.74) is 7.42. The van der Waals surface area contributed by atoms with Crippen molar-refractivity contribution in [2.75, 3.05) is 49.2 Å². The van der Waals surface area contributed by atoms with Gasteiger partial charge in [0.05, 0.1) is 48.0 Å². The maximum atomic E-state index is 15.5. The normalized spacial score (nSPS) is 19.9. The molecule has 0 spiro atoms. The molecule has 0 radical (unpaired) electrons. The fraction of sp³-hybridized carbons (Fsp3) is 0.408. The molecule has 4 aromatic heterocycles. The molecular weight excluding hydrogens is 891 g/mol. The summed E-state index contributed by atoms with van der Waals surface area (Å²) >= 11 is 0. The van der Waals surface area contributed by atoms with Gasteiger partial charge < -0.3 is 24.0 Å². The molecule has 1 N–H and O–H groups in total. The molecule has 3 saturated heterocycles. The average Bonchev–Trinajstić information content (AvgIpc) is 4.11. The van der Waals surface area contributed by atoms with Crippen LogP contribution in [0.1, 0.15) is 106 Å². The summed E-state index contributed by atoms with van der Waals surface area (Å²) in [6.45, 7) is 5.97. The number of hydrogen-bond donors (Lipinski definition) is 1. The maximum absolute atomic E-state index is 15.5. The number of nitrogens with zero attached hydrogens (tertiary/aromatic N) is 11. The van der Waals surface area contributed by atoms with E-state index in [0.717, 1.165) is 63.4 Å². The maximum Gasteiger partial charge on any atom is 0.264 e. The third-order valence-electron chi connectivity index (χ3n) is 14.8. The molecule has 6 aromatic rings. The zero-order valence-electron chi connectivity index (χ0n) is 37.8. The van der Waals surface area contributed by atoms with E-state index in [-0.39, 0.29) is 47.5 Å². The van der Waals surface area contributed by atoms with Crippen molar-refractivity contribution in [1.82, 2.24) is 49.4 Å². The van der Waals surface area contributed by atoms with Crippen molar-refractivity contribution in [2.45, 2.75) is 89.5 Å². The molecule has 1 atom stereocenters. The van der Waals surface area contributed by atoms with E-state index in [1.54, 1.807) is 48.3 Å². The minimum Gasteiger partial charge on any atom is -0.381 e. The molecule has 2 aromatic carbocycles. The Hall–Kier alpha value is -7.35. The first kappa shape index (κ1) is 43.0. The second-order valence-corrected chi connectivity index (χ2v) is 18.8.